The fourth-order valence-corrected chi connectivity index (χ4v) is 2.98. The standard InChI is InChI=1S/C27H23NO7/c1-33-25-14-18(7-11-23(25)31)5-9-21(29)16-22(30)10-6-19-8-12-24(26(15-19)34-2)35-27(32)20-4-3-13-28-17-20/h3-15,17,31H,16H2,1-2H3/b9-5+,10-6+. The second-order valence-electron chi connectivity index (χ2n) is 7.25. The molecule has 8 heteroatoms. The Kier molecular flexibility index (Phi) is 8.50. The maximum atomic E-state index is 12.2. The minimum atomic E-state index is -0.577. The van der Waals surface area contributed by atoms with Crippen LogP contribution in [0.25, 0.3) is 12.2 Å². The molecule has 0 unspecified atom stereocenters. The van der Waals surface area contributed by atoms with Gasteiger partial charge in [0, 0.05) is 12.4 Å². The molecule has 0 aliphatic carbocycles. The summed E-state index contributed by atoms with van der Waals surface area (Å²) in [4.78, 5) is 40.5. The Morgan fingerprint density at radius 2 is 1.49 bits per heavy atom. The number of phenolic OH excluding ortho intramolecular Hbond substituents is 1. The third kappa shape index (κ3) is 7.13. The summed E-state index contributed by atoms with van der Waals surface area (Å²) >= 11 is 0. The van der Waals surface area contributed by atoms with Crippen molar-refractivity contribution >= 4 is 29.7 Å². The van der Waals surface area contributed by atoms with Crippen LogP contribution in [-0.4, -0.2) is 41.8 Å². The fourth-order valence-electron chi connectivity index (χ4n) is 2.98. The minimum absolute atomic E-state index is 0.00684. The van der Waals surface area contributed by atoms with Crippen molar-refractivity contribution in [3.05, 3.63) is 89.8 Å². The molecule has 0 bridgehead atoms. The van der Waals surface area contributed by atoms with E-state index in [1.165, 1.54) is 44.7 Å². The van der Waals surface area contributed by atoms with Crippen LogP contribution in [0.2, 0.25) is 0 Å². The fraction of sp³-hybridized carbons (Fsp3) is 0.111. The number of benzene rings is 2. The number of aromatic hydroxyl groups is 1. The predicted molar refractivity (Wildman–Crippen MR) is 130 cm³/mol. The van der Waals surface area contributed by atoms with Crippen LogP contribution in [0, 0.1) is 0 Å². The van der Waals surface area contributed by atoms with Crippen molar-refractivity contribution in [1.29, 1.82) is 0 Å². The van der Waals surface area contributed by atoms with Gasteiger partial charge in [0.1, 0.15) is 0 Å². The van der Waals surface area contributed by atoms with E-state index < -0.39 is 5.97 Å². The maximum Gasteiger partial charge on any atom is 0.345 e. The summed E-state index contributed by atoms with van der Waals surface area (Å²) in [7, 11) is 2.86. The lowest BCUT2D eigenvalue weighted by Crippen LogP contribution is -2.09. The summed E-state index contributed by atoms with van der Waals surface area (Å²) < 4.78 is 15.7. The summed E-state index contributed by atoms with van der Waals surface area (Å²) in [6.07, 6.45) is 8.32. The van der Waals surface area contributed by atoms with Crippen LogP contribution in [0.15, 0.2) is 73.1 Å². The second kappa shape index (κ2) is 11.9. The molecule has 178 valence electrons. The van der Waals surface area contributed by atoms with Gasteiger partial charge in [-0.3, -0.25) is 14.6 Å². The molecule has 0 aliphatic heterocycles. The topological polar surface area (TPSA) is 112 Å². The first-order valence-electron chi connectivity index (χ1n) is 10.5. The molecule has 0 amide bonds. The van der Waals surface area contributed by atoms with Crippen LogP contribution in [-0.2, 0) is 9.59 Å². The van der Waals surface area contributed by atoms with E-state index in [-0.39, 0.29) is 35.2 Å². The van der Waals surface area contributed by atoms with Gasteiger partial charge in [0.05, 0.1) is 26.2 Å². The number of rotatable bonds is 10. The van der Waals surface area contributed by atoms with Gasteiger partial charge in [0.15, 0.2) is 34.6 Å². The van der Waals surface area contributed by atoms with Crippen molar-refractivity contribution in [1.82, 2.24) is 4.98 Å². The number of allylic oxidation sites excluding steroid dienone is 2. The van der Waals surface area contributed by atoms with Crippen molar-refractivity contribution in [2.45, 2.75) is 6.42 Å². The molecule has 2 aromatic carbocycles. The van der Waals surface area contributed by atoms with Gasteiger partial charge in [0.2, 0.25) is 0 Å². The predicted octanol–water partition coefficient (Wildman–Crippen LogP) is 4.28. The lowest BCUT2D eigenvalue weighted by atomic mass is 10.1. The van der Waals surface area contributed by atoms with Crippen LogP contribution < -0.4 is 14.2 Å². The van der Waals surface area contributed by atoms with E-state index in [1.54, 1.807) is 54.7 Å². The Morgan fingerprint density at radius 3 is 2.09 bits per heavy atom. The Morgan fingerprint density at radius 1 is 0.857 bits per heavy atom. The van der Waals surface area contributed by atoms with Gasteiger partial charge in [-0.15, -0.1) is 0 Å². The molecule has 0 saturated heterocycles. The Labute approximate surface area is 202 Å². The number of methoxy groups -OCH3 is 2. The highest BCUT2D eigenvalue weighted by molar-refractivity contribution is 6.10. The zero-order valence-electron chi connectivity index (χ0n) is 19.1. The smallest absolute Gasteiger partial charge is 0.345 e. The number of phenols is 1. The summed E-state index contributed by atoms with van der Waals surface area (Å²) in [5.74, 6) is -0.529. The van der Waals surface area contributed by atoms with Crippen LogP contribution >= 0.6 is 0 Å². The van der Waals surface area contributed by atoms with Gasteiger partial charge in [-0.25, -0.2) is 4.79 Å². The molecule has 3 rings (SSSR count). The molecule has 1 aromatic heterocycles. The van der Waals surface area contributed by atoms with Gasteiger partial charge < -0.3 is 19.3 Å². The van der Waals surface area contributed by atoms with E-state index in [2.05, 4.69) is 4.98 Å². The number of ketones is 2. The highest BCUT2D eigenvalue weighted by Gasteiger charge is 2.13. The molecule has 0 aliphatic rings. The molecule has 0 fully saturated rings. The van der Waals surface area contributed by atoms with Crippen LogP contribution in [0.4, 0.5) is 0 Å². The van der Waals surface area contributed by atoms with Gasteiger partial charge in [-0.05, 0) is 59.7 Å². The number of esters is 1. The van der Waals surface area contributed by atoms with Crippen molar-refractivity contribution in [3.63, 3.8) is 0 Å². The van der Waals surface area contributed by atoms with Gasteiger partial charge in [0.25, 0.3) is 0 Å². The van der Waals surface area contributed by atoms with Gasteiger partial charge >= 0.3 is 5.97 Å². The number of ether oxygens (including phenoxy) is 3. The molecule has 35 heavy (non-hydrogen) atoms. The molecule has 1 heterocycles. The summed E-state index contributed by atoms with van der Waals surface area (Å²) in [6, 6.07) is 12.7. The molecular weight excluding hydrogens is 450 g/mol. The number of nitrogens with zero attached hydrogens (tertiary/aromatic N) is 1. The average molecular weight is 473 g/mol. The normalized spacial score (nSPS) is 10.9. The van der Waals surface area contributed by atoms with E-state index >= 15 is 0 Å². The first-order valence-corrected chi connectivity index (χ1v) is 10.5. The summed E-state index contributed by atoms with van der Waals surface area (Å²) in [5, 5.41) is 9.62. The summed E-state index contributed by atoms with van der Waals surface area (Å²) in [6.45, 7) is 0. The number of carbonyl (C=O) groups excluding carboxylic acids is 3. The second-order valence-corrected chi connectivity index (χ2v) is 7.25. The van der Waals surface area contributed by atoms with Crippen LogP contribution in [0.1, 0.15) is 27.9 Å². The molecular formula is C27H23NO7. The SMILES string of the molecule is COc1cc(/C=C/C(=O)CC(=O)/C=C/c2ccc(OC(=O)c3cccnc3)c(OC)c2)ccc1O. The molecule has 1 N–H and O–H groups in total. The third-order valence-electron chi connectivity index (χ3n) is 4.76. The quantitative estimate of drug-likeness (QED) is 0.201. The number of pyridine rings is 1. The van der Waals surface area contributed by atoms with Crippen molar-refractivity contribution in [2.24, 2.45) is 0 Å². The van der Waals surface area contributed by atoms with Gasteiger partial charge in [-0.2, -0.15) is 0 Å². The number of hydrogen-bond donors (Lipinski definition) is 1. The molecule has 8 nitrogen and oxygen atoms in total. The van der Waals surface area contributed by atoms with E-state index in [0.29, 0.717) is 22.4 Å². The highest BCUT2D eigenvalue weighted by Crippen LogP contribution is 2.29. The lowest BCUT2D eigenvalue weighted by molar-refractivity contribution is -0.121. The number of carbonyl (C=O) groups is 3. The monoisotopic (exact) mass is 473 g/mol. The average Bonchev–Trinajstić information content (AvgIpc) is 2.88. The Hall–Kier alpha value is -4.72. The largest absolute Gasteiger partial charge is 0.504 e. The molecule has 0 atom stereocenters. The highest BCUT2D eigenvalue weighted by atomic mass is 16.6. The van der Waals surface area contributed by atoms with Crippen molar-refractivity contribution in [2.75, 3.05) is 14.2 Å². The van der Waals surface area contributed by atoms with E-state index in [9.17, 15) is 19.5 Å². The Balaban J connectivity index is 1.60. The molecule has 0 spiro atoms. The number of hydrogen-bond acceptors (Lipinski definition) is 8. The molecule has 0 radical (unpaired) electrons. The van der Waals surface area contributed by atoms with Crippen LogP contribution in [0.3, 0.4) is 0 Å². The zero-order valence-corrected chi connectivity index (χ0v) is 19.1. The van der Waals surface area contributed by atoms with Crippen LogP contribution in [0.5, 0.6) is 23.0 Å². The van der Waals surface area contributed by atoms with Gasteiger partial charge in [-0.1, -0.05) is 24.3 Å². The van der Waals surface area contributed by atoms with E-state index in [1.807, 2.05) is 0 Å². The third-order valence-corrected chi connectivity index (χ3v) is 4.76. The number of aromatic nitrogens is 1. The molecule has 0 saturated carbocycles. The first-order chi connectivity index (χ1) is 16.9. The summed E-state index contributed by atoms with van der Waals surface area (Å²) in [5.41, 5.74) is 1.57. The molecule has 3 aromatic rings. The first kappa shape index (κ1) is 24.9. The zero-order chi connectivity index (χ0) is 25.2. The van der Waals surface area contributed by atoms with Crippen molar-refractivity contribution < 1.29 is 33.7 Å². The van der Waals surface area contributed by atoms with Crippen molar-refractivity contribution in [3.8, 4) is 23.0 Å². The van der Waals surface area contributed by atoms with E-state index in [0.717, 1.165) is 0 Å². The lowest BCUT2D eigenvalue weighted by Gasteiger charge is -2.09. The van der Waals surface area contributed by atoms with E-state index in [4.69, 9.17) is 14.2 Å². The maximum absolute atomic E-state index is 12.2. The minimum Gasteiger partial charge on any atom is -0.504 e. The Bertz CT molecular complexity index is 1280.